The molecule has 0 bridgehead atoms. The molecule has 3 rings (SSSR count). The first-order valence-corrected chi connectivity index (χ1v) is 9.70. The molecule has 144 valence electrons. The number of aliphatic hydroxyl groups excluding tert-OH is 1. The van der Waals surface area contributed by atoms with E-state index in [1.807, 2.05) is 13.0 Å². The van der Waals surface area contributed by atoms with Crippen molar-refractivity contribution in [3.05, 3.63) is 23.3 Å². The summed E-state index contributed by atoms with van der Waals surface area (Å²) < 4.78 is 11.4. The van der Waals surface area contributed by atoms with Crippen LogP contribution in [0.4, 0.5) is 0 Å². The minimum Gasteiger partial charge on any atom is -0.508 e. The molecular weight excluding hydrogens is 332 g/mol. The molecule has 1 aromatic rings. The summed E-state index contributed by atoms with van der Waals surface area (Å²) in [6.07, 6.45) is 3.88. The van der Waals surface area contributed by atoms with Gasteiger partial charge in [0.25, 0.3) is 0 Å². The van der Waals surface area contributed by atoms with Crippen LogP contribution in [0.15, 0.2) is 12.1 Å². The minimum atomic E-state index is -0.371. The van der Waals surface area contributed by atoms with Crippen LogP contribution in [-0.4, -0.2) is 34.5 Å². The van der Waals surface area contributed by atoms with Crippen LogP contribution in [0.5, 0.6) is 11.5 Å². The number of hydrogen-bond donors (Lipinski definition) is 2. The van der Waals surface area contributed by atoms with Crippen LogP contribution in [0.3, 0.4) is 0 Å². The lowest BCUT2D eigenvalue weighted by atomic mass is 9.66. The zero-order valence-corrected chi connectivity index (χ0v) is 16.0. The molecule has 0 aromatic heterocycles. The standard InChI is InChI=1S/C21H30O5/c1-4-5-8-25-19(24)11-13-9-17(23)20-15-12-14(22)6-7-16(15)21(2,3)26-18(20)10-13/h9-10,14-16,22-23H,4-8,11-12H2,1-3H3/t14-,15+,16+/m0/s1. The number of carbonyl (C=O) groups excluding carboxylic acids is 1. The molecule has 3 atom stereocenters. The SMILES string of the molecule is CCCCOC(=O)Cc1cc(O)c2c(c1)OC(C)(C)[C@@H]1CC[C@H](O)C[C@@H]21. The molecule has 0 amide bonds. The van der Waals surface area contributed by atoms with E-state index in [1.54, 1.807) is 6.07 Å². The van der Waals surface area contributed by atoms with Crippen molar-refractivity contribution in [1.82, 2.24) is 0 Å². The van der Waals surface area contributed by atoms with E-state index in [0.29, 0.717) is 24.3 Å². The van der Waals surface area contributed by atoms with Crippen molar-refractivity contribution in [1.29, 1.82) is 0 Å². The van der Waals surface area contributed by atoms with E-state index in [0.717, 1.165) is 31.2 Å². The van der Waals surface area contributed by atoms with Gasteiger partial charge in [0.15, 0.2) is 0 Å². The second kappa shape index (κ2) is 7.47. The summed E-state index contributed by atoms with van der Waals surface area (Å²) in [6.45, 7) is 6.60. The molecule has 0 radical (unpaired) electrons. The van der Waals surface area contributed by atoms with E-state index >= 15 is 0 Å². The summed E-state index contributed by atoms with van der Waals surface area (Å²) in [5, 5.41) is 20.8. The minimum absolute atomic E-state index is 0.0723. The molecule has 2 N–H and O–H groups in total. The molecule has 1 aliphatic heterocycles. The third-order valence-corrected chi connectivity index (χ3v) is 5.75. The van der Waals surface area contributed by atoms with Gasteiger partial charge in [0.1, 0.15) is 17.1 Å². The van der Waals surface area contributed by atoms with Gasteiger partial charge in [0.2, 0.25) is 0 Å². The largest absolute Gasteiger partial charge is 0.508 e. The maximum Gasteiger partial charge on any atom is 0.310 e. The lowest BCUT2D eigenvalue weighted by Crippen LogP contribution is -2.47. The second-order valence-electron chi connectivity index (χ2n) is 8.16. The van der Waals surface area contributed by atoms with Gasteiger partial charge in [-0.3, -0.25) is 4.79 Å². The van der Waals surface area contributed by atoms with Gasteiger partial charge in [0.05, 0.1) is 19.1 Å². The Balaban J connectivity index is 1.84. The highest BCUT2D eigenvalue weighted by atomic mass is 16.5. The van der Waals surface area contributed by atoms with E-state index in [9.17, 15) is 15.0 Å². The topological polar surface area (TPSA) is 76.0 Å². The fraction of sp³-hybridized carbons (Fsp3) is 0.667. The van der Waals surface area contributed by atoms with E-state index in [1.165, 1.54) is 0 Å². The molecule has 1 aromatic carbocycles. The van der Waals surface area contributed by atoms with Crippen molar-refractivity contribution in [2.75, 3.05) is 6.61 Å². The zero-order valence-electron chi connectivity index (χ0n) is 16.0. The monoisotopic (exact) mass is 362 g/mol. The maximum absolute atomic E-state index is 12.0. The van der Waals surface area contributed by atoms with Gasteiger partial charge < -0.3 is 19.7 Å². The number of aliphatic hydroxyl groups is 1. The number of hydrogen-bond acceptors (Lipinski definition) is 5. The summed E-state index contributed by atoms with van der Waals surface area (Å²) in [4.78, 5) is 12.0. The Hall–Kier alpha value is -1.75. The van der Waals surface area contributed by atoms with E-state index in [4.69, 9.17) is 9.47 Å². The quantitative estimate of drug-likeness (QED) is 0.617. The Kier molecular flexibility index (Phi) is 5.47. The predicted molar refractivity (Wildman–Crippen MR) is 98.5 cm³/mol. The fourth-order valence-corrected chi connectivity index (χ4v) is 4.43. The highest BCUT2D eigenvalue weighted by Gasteiger charge is 2.47. The van der Waals surface area contributed by atoms with Crippen molar-refractivity contribution in [3.8, 4) is 11.5 Å². The second-order valence-corrected chi connectivity index (χ2v) is 8.16. The molecule has 2 aliphatic rings. The average molecular weight is 362 g/mol. The van der Waals surface area contributed by atoms with Gasteiger partial charge >= 0.3 is 5.97 Å². The van der Waals surface area contributed by atoms with Crippen molar-refractivity contribution in [2.24, 2.45) is 5.92 Å². The van der Waals surface area contributed by atoms with Gasteiger partial charge in [-0.1, -0.05) is 13.3 Å². The summed E-state index contributed by atoms with van der Waals surface area (Å²) in [7, 11) is 0. The van der Waals surface area contributed by atoms with Crippen molar-refractivity contribution in [2.45, 2.75) is 76.9 Å². The van der Waals surface area contributed by atoms with Crippen molar-refractivity contribution >= 4 is 5.97 Å². The molecule has 1 aliphatic carbocycles. The van der Waals surface area contributed by atoms with Crippen LogP contribution >= 0.6 is 0 Å². The Labute approximate surface area is 155 Å². The van der Waals surface area contributed by atoms with Crippen LogP contribution in [-0.2, 0) is 16.0 Å². The van der Waals surface area contributed by atoms with Crippen LogP contribution in [0.1, 0.15) is 69.9 Å². The van der Waals surface area contributed by atoms with Gasteiger partial charge in [-0.25, -0.2) is 0 Å². The number of phenolic OH excluding ortho intramolecular Hbond substituents is 1. The highest BCUT2D eigenvalue weighted by Crippen LogP contribution is 2.54. The molecule has 1 saturated carbocycles. The molecule has 1 fully saturated rings. The summed E-state index contributed by atoms with van der Waals surface area (Å²) >= 11 is 0. The first-order chi connectivity index (χ1) is 12.3. The lowest BCUT2D eigenvalue weighted by molar-refractivity contribution is -0.142. The van der Waals surface area contributed by atoms with Crippen LogP contribution in [0.2, 0.25) is 0 Å². The number of ether oxygens (including phenoxy) is 2. The van der Waals surface area contributed by atoms with Crippen molar-refractivity contribution < 1.29 is 24.5 Å². The van der Waals surface area contributed by atoms with Crippen LogP contribution in [0.25, 0.3) is 0 Å². The molecule has 1 heterocycles. The van der Waals surface area contributed by atoms with Gasteiger partial charge in [0, 0.05) is 17.4 Å². The van der Waals surface area contributed by atoms with Gasteiger partial charge in [-0.2, -0.15) is 0 Å². The molecular formula is C21H30O5. The first kappa shape index (κ1) is 19.0. The van der Waals surface area contributed by atoms with Crippen molar-refractivity contribution in [3.63, 3.8) is 0 Å². The molecule has 5 heteroatoms. The summed E-state index contributed by atoms with van der Waals surface area (Å²) in [5.74, 6) is 0.816. The number of esters is 1. The molecule has 0 spiro atoms. The summed E-state index contributed by atoms with van der Waals surface area (Å²) in [5.41, 5.74) is 1.09. The first-order valence-electron chi connectivity index (χ1n) is 9.70. The van der Waals surface area contributed by atoms with E-state index in [2.05, 4.69) is 13.8 Å². The molecule has 0 unspecified atom stereocenters. The molecule has 0 saturated heterocycles. The highest BCUT2D eigenvalue weighted by molar-refractivity contribution is 5.73. The smallest absolute Gasteiger partial charge is 0.310 e. The number of phenols is 1. The van der Waals surface area contributed by atoms with E-state index in [-0.39, 0.29) is 41.7 Å². The number of aromatic hydroxyl groups is 1. The normalized spacial score (nSPS) is 26.4. The fourth-order valence-electron chi connectivity index (χ4n) is 4.43. The summed E-state index contributed by atoms with van der Waals surface area (Å²) in [6, 6.07) is 3.48. The van der Waals surface area contributed by atoms with E-state index < -0.39 is 0 Å². The third kappa shape index (κ3) is 3.83. The Morgan fingerprint density at radius 1 is 1.35 bits per heavy atom. The predicted octanol–water partition coefficient (Wildman–Crippen LogP) is 3.69. The third-order valence-electron chi connectivity index (χ3n) is 5.75. The lowest BCUT2D eigenvalue weighted by Gasteiger charge is -2.48. The Bertz CT molecular complexity index is 667. The van der Waals surface area contributed by atoms with Gasteiger partial charge in [-0.15, -0.1) is 0 Å². The van der Waals surface area contributed by atoms with Crippen LogP contribution < -0.4 is 4.74 Å². The molecule has 5 nitrogen and oxygen atoms in total. The van der Waals surface area contributed by atoms with Gasteiger partial charge in [-0.05, 0) is 57.2 Å². The zero-order chi connectivity index (χ0) is 18.9. The maximum atomic E-state index is 12.0. The Morgan fingerprint density at radius 2 is 2.12 bits per heavy atom. The number of fused-ring (bicyclic) bond motifs is 3. The van der Waals surface area contributed by atoms with Crippen LogP contribution in [0, 0.1) is 5.92 Å². The average Bonchev–Trinajstić information content (AvgIpc) is 2.53. The number of unbranched alkanes of at least 4 members (excludes halogenated alkanes) is 1. The molecule has 26 heavy (non-hydrogen) atoms. The number of carbonyl (C=O) groups is 1. The number of rotatable bonds is 5. The number of benzene rings is 1. The Morgan fingerprint density at radius 3 is 2.85 bits per heavy atom.